The zero-order valence-electron chi connectivity index (χ0n) is 27.9. The Hall–Kier alpha value is -3.22. The number of nitrogens with one attached hydrogen (secondary N) is 1. The largest absolute Gasteiger partial charge is 0.460 e. The van der Waals surface area contributed by atoms with Crippen LogP contribution in [0.3, 0.4) is 0 Å². The number of amides is 2. The molecule has 0 spiro atoms. The first-order valence-corrected chi connectivity index (χ1v) is 17.3. The zero-order valence-corrected chi connectivity index (χ0v) is 28.8. The molecular weight excluding hydrogens is 608 g/mol. The maximum atomic E-state index is 14.0. The number of rotatable bonds is 7. The second-order valence-electron chi connectivity index (χ2n) is 12.2. The third-order valence-corrected chi connectivity index (χ3v) is 9.58. The molecule has 12 heteroatoms. The normalized spacial score (nSPS) is 28.4. The molecule has 0 aromatic carbocycles. The minimum Gasteiger partial charge on any atom is -0.460 e. The summed E-state index contributed by atoms with van der Waals surface area (Å²) in [6.45, 7) is 15.2. The molecule has 2 bridgehead atoms. The Morgan fingerprint density at radius 3 is 2.61 bits per heavy atom. The van der Waals surface area contributed by atoms with Gasteiger partial charge in [-0.15, -0.1) is 0 Å². The van der Waals surface area contributed by atoms with Crippen LogP contribution in [0.5, 0.6) is 0 Å². The number of cyclic esters (lactones) is 1. The lowest BCUT2D eigenvalue weighted by Gasteiger charge is -2.31. The highest BCUT2D eigenvalue weighted by atomic mass is 32.2. The van der Waals surface area contributed by atoms with Gasteiger partial charge in [-0.3, -0.25) is 14.4 Å². The predicted octanol–water partition coefficient (Wildman–Crippen LogP) is 3.59. The lowest BCUT2D eigenvalue weighted by atomic mass is 9.94. The molecule has 3 heterocycles. The number of hydrogen-bond acceptors (Lipinski definition) is 10. The van der Waals surface area contributed by atoms with E-state index in [1.807, 2.05) is 20.8 Å². The lowest BCUT2D eigenvalue weighted by Crippen LogP contribution is -2.47. The van der Waals surface area contributed by atoms with Gasteiger partial charge in [-0.1, -0.05) is 64.5 Å². The van der Waals surface area contributed by atoms with E-state index in [1.54, 1.807) is 43.0 Å². The molecular formula is C34H50N4O7S. The van der Waals surface area contributed by atoms with Crippen molar-refractivity contribution in [3.63, 3.8) is 0 Å². The Morgan fingerprint density at radius 1 is 1.17 bits per heavy atom. The van der Waals surface area contributed by atoms with Crippen LogP contribution in [0, 0.1) is 11.8 Å². The van der Waals surface area contributed by atoms with Crippen LogP contribution in [0.15, 0.2) is 46.6 Å². The van der Waals surface area contributed by atoms with Crippen LogP contribution in [0.1, 0.15) is 70.8 Å². The molecule has 46 heavy (non-hydrogen) atoms. The van der Waals surface area contributed by atoms with Crippen molar-refractivity contribution in [2.75, 3.05) is 38.5 Å². The fourth-order valence-corrected chi connectivity index (χ4v) is 7.09. The smallest absolute Gasteiger partial charge is 0.330 e. The first-order valence-electron chi connectivity index (χ1n) is 16.2. The van der Waals surface area contributed by atoms with E-state index in [2.05, 4.69) is 29.0 Å². The highest BCUT2D eigenvalue weighted by molar-refractivity contribution is 8.00. The SMILES string of the molecule is CCN(CC)CCSC1CCN2C(=O)c3coc(n3)CC(=O)C[C@H](O)/C=C(C)/C=C/CNC(=O)/C=C/[C@@H](C)[C@@H](C(C)C)OC(=O)C12. The number of oxazole rings is 1. The summed E-state index contributed by atoms with van der Waals surface area (Å²) < 4.78 is 11.6. The van der Waals surface area contributed by atoms with Crippen LogP contribution in [-0.2, 0) is 25.5 Å². The first kappa shape index (κ1) is 37.2. The van der Waals surface area contributed by atoms with E-state index in [0.717, 1.165) is 31.0 Å². The fourth-order valence-electron chi connectivity index (χ4n) is 5.71. The van der Waals surface area contributed by atoms with Crippen molar-refractivity contribution in [2.24, 2.45) is 11.8 Å². The molecule has 1 aromatic heterocycles. The summed E-state index contributed by atoms with van der Waals surface area (Å²) >= 11 is 1.66. The second-order valence-corrected chi connectivity index (χ2v) is 13.6. The number of carbonyl (C=O) groups is 4. The quantitative estimate of drug-likeness (QED) is 0.418. The van der Waals surface area contributed by atoms with Gasteiger partial charge in [0.2, 0.25) is 11.8 Å². The minimum atomic E-state index is -1.02. The van der Waals surface area contributed by atoms with E-state index in [-0.39, 0.29) is 59.7 Å². The molecule has 5 atom stereocenters. The molecule has 2 aliphatic heterocycles. The maximum absolute atomic E-state index is 14.0. The fraction of sp³-hybridized carbons (Fsp3) is 0.618. The molecule has 2 aliphatic rings. The van der Waals surface area contributed by atoms with Crippen LogP contribution in [0.25, 0.3) is 0 Å². The van der Waals surface area contributed by atoms with Crippen LogP contribution >= 0.6 is 11.8 Å². The Morgan fingerprint density at radius 2 is 1.91 bits per heavy atom. The number of carbonyl (C=O) groups excluding carboxylic acids is 4. The van der Waals surface area contributed by atoms with Gasteiger partial charge < -0.3 is 29.4 Å². The number of aliphatic hydroxyl groups is 1. The second kappa shape index (κ2) is 18.2. The molecule has 11 nitrogen and oxygen atoms in total. The summed E-state index contributed by atoms with van der Waals surface area (Å²) in [5, 5.41) is 13.0. The van der Waals surface area contributed by atoms with Gasteiger partial charge in [0.05, 0.1) is 12.5 Å². The van der Waals surface area contributed by atoms with Gasteiger partial charge in [0.25, 0.3) is 5.91 Å². The molecule has 0 aliphatic carbocycles. The number of nitrogens with zero attached hydrogens (tertiary/aromatic N) is 3. The maximum Gasteiger partial charge on any atom is 0.330 e. The van der Waals surface area contributed by atoms with Gasteiger partial charge in [-0.25, -0.2) is 9.78 Å². The highest BCUT2D eigenvalue weighted by Gasteiger charge is 2.45. The molecule has 0 radical (unpaired) electrons. The molecule has 2 N–H and O–H groups in total. The van der Waals surface area contributed by atoms with Crippen LogP contribution in [-0.4, -0.2) is 105 Å². The highest BCUT2D eigenvalue weighted by Crippen LogP contribution is 2.32. The van der Waals surface area contributed by atoms with Crippen molar-refractivity contribution >= 4 is 35.3 Å². The Labute approximate surface area is 276 Å². The third kappa shape index (κ3) is 10.9. The average molecular weight is 659 g/mol. The summed E-state index contributed by atoms with van der Waals surface area (Å²) in [4.78, 5) is 61.0. The minimum absolute atomic E-state index is 0.0110. The molecule has 1 aromatic rings. The third-order valence-electron chi connectivity index (χ3n) is 8.24. The van der Waals surface area contributed by atoms with Crippen molar-refractivity contribution in [1.29, 1.82) is 0 Å². The number of Topliss-reactive ketones (excluding diaryl/α,β-unsaturated/α-hetero) is 1. The van der Waals surface area contributed by atoms with Gasteiger partial charge in [-0.05, 0) is 38.4 Å². The number of aliphatic hydroxyl groups excluding tert-OH is 1. The summed E-state index contributed by atoms with van der Waals surface area (Å²) in [7, 11) is 0. The van der Waals surface area contributed by atoms with Crippen molar-refractivity contribution in [3.8, 4) is 0 Å². The molecule has 0 saturated carbocycles. The standard InChI is InChI=1S/C34H50N4O7S/c1-7-37(8-2)16-17-46-28-13-15-38-31(28)34(43)45-32(22(3)4)24(6)11-12-29(41)35-14-9-10-23(5)18-25(39)19-26(40)20-30-36-27(21-44-30)33(38)42/h9-12,18,21-22,24-25,28,31-32,39H,7-8,13-17,19-20H2,1-6H3,(H,35,41)/b10-9+,12-11+,23-18+/t24-,25-,28?,31?,32-/m1/s1. The number of ketones is 1. The van der Waals surface area contributed by atoms with Gasteiger partial charge in [-0.2, -0.15) is 11.8 Å². The summed E-state index contributed by atoms with van der Waals surface area (Å²) in [5.41, 5.74) is 0.740. The topological polar surface area (TPSA) is 142 Å². The van der Waals surface area contributed by atoms with E-state index in [1.165, 1.54) is 17.2 Å². The first-order chi connectivity index (χ1) is 21.9. The van der Waals surface area contributed by atoms with Crippen molar-refractivity contribution in [2.45, 2.75) is 84.3 Å². The number of fused-ring (bicyclic) bond motifs is 3. The van der Waals surface area contributed by atoms with E-state index in [9.17, 15) is 24.3 Å². The lowest BCUT2D eigenvalue weighted by molar-refractivity contribution is -0.157. The predicted molar refractivity (Wildman–Crippen MR) is 178 cm³/mol. The Bertz CT molecular complexity index is 1290. The van der Waals surface area contributed by atoms with E-state index >= 15 is 0 Å². The van der Waals surface area contributed by atoms with E-state index < -0.39 is 30.1 Å². The molecule has 1 saturated heterocycles. The number of ether oxygens (including phenoxy) is 1. The van der Waals surface area contributed by atoms with Crippen molar-refractivity contribution in [1.82, 2.24) is 20.1 Å². The van der Waals surface area contributed by atoms with Crippen molar-refractivity contribution < 1.29 is 33.4 Å². The molecule has 2 unspecified atom stereocenters. The monoisotopic (exact) mass is 658 g/mol. The Kier molecular flexibility index (Phi) is 14.7. The number of aromatic nitrogens is 1. The molecule has 254 valence electrons. The van der Waals surface area contributed by atoms with Gasteiger partial charge >= 0.3 is 5.97 Å². The summed E-state index contributed by atoms with van der Waals surface area (Å²) in [6, 6.07) is -0.838. The average Bonchev–Trinajstić information content (AvgIpc) is 3.65. The van der Waals surface area contributed by atoms with Crippen molar-refractivity contribution in [3.05, 3.63) is 53.8 Å². The molecule has 2 amide bonds. The summed E-state index contributed by atoms with van der Waals surface area (Å²) in [6.07, 6.45) is 8.17. The van der Waals surface area contributed by atoms with Crippen LogP contribution in [0.2, 0.25) is 0 Å². The van der Waals surface area contributed by atoms with E-state index in [0.29, 0.717) is 13.0 Å². The van der Waals surface area contributed by atoms with Gasteiger partial charge in [0, 0.05) is 43.0 Å². The van der Waals surface area contributed by atoms with Crippen LogP contribution < -0.4 is 5.32 Å². The number of esters is 1. The zero-order chi connectivity index (χ0) is 33.8. The number of hydrogen-bond donors (Lipinski definition) is 2. The summed E-state index contributed by atoms with van der Waals surface area (Å²) in [5.74, 6) is -1.01. The number of allylic oxidation sites excluding steroid dienone is 2. The van der Waals surface area contributed by atoms with Crippen LogP contribution in [0.4, 0.5) is 0 Å². The van der Waals surface area contributed by atoms with E-state index in [4.69, 9.17) is 9.15 Å². The Balaban J connectivity index is 1.92. The number of thioether (sulfide) groups is 1. The molecule has 3 rings (SSSR count). The van der Waals surface area contributed by atoms with Gasteiger partial charge in [0.1, 0.15) is 24.2 Å². The van der Waals surface area contributed by atoms with Gasteiger partial charge in [0.15, 0.2) is 5.69 Å². The molecule has 1 fully saturated rings.